The van der Waals surface area contributed by atoms with Crippen molar-refractivity contribution in [1.82, 2.24) is 19.6 Å². The lowest BCUT2D eigenvalue weighted by atomic mass is 10.2. The molecule has 0 spiro atoms. The van der Waals surface area contributed by atoms with Crippen LogP contribution in [0.4, 0.5) is 0 Å². The molecule has 17 heteroatoms. The Hall–Kier alpha value is -3.51. The zero-order chi connectivity index (χ0) is 40.3. The quantitative estimate of drug-likeness (QED) is 0.0461. The van der Waals surface area contributed by atoms with E-state index >= 15 is 0 Å². The van der Waals surface area contributed by atoms with Crippen LogP contribution in [0.2, 0.25) is 0 Å². The summed E-state index contributed by atoms with van der Waals surface area (Å²) in [6.45, 7) is 19.0. The molecular formula is C37H62N4O12S. The molecule has 1 aliphatic rings. The minimum atomic E-state index is -0.569. The van der Waals surface area contributed by atoms with Gasteiger partial charge >= 0.3 is 35.8 Å². The van der Waals surface area contributed by atoms with Gasteiger partial charge in [-0.05, 0) is 27.9 Å². The summed E-state index contributed by atoms with van der Waals surface area (Å²) in [4.78, 5) is 81.0. The maximum absolute atomic E-state index is 12.5. The number of esters is 6. The van der Waals surface area contributed by atoms with Crippen LogP contribution in [-0.2, 0) is 57.2 Å². The van der Waals surface area contributed by atoms with E-state index < -0.39 is 35.8 Å². The first-order valence-electron chi connectivity index (χ1n) is 18.4. The summed E-state index contributed by atoms with van der Waals surface area (Å²) >= 11 is 1.52. The summed E-state index contributed by atoms with van der Waals surface area (Å²) in [5.41, 5.74) is 0.486. The number of nitrogens with zero attached hydrogens (tertiary/aromatic N) is 4. The molecule has 1 unspecified atom stereocenters. The molecule has 1 saturated heterocycles. The summed E-state index contributed by atoms with van der Waals surface area (Å²) in [6.07, 6.45) is 0.358. The minimum Gasteiger partial charge on any atom is -0.462 e. The van der Waals surface area contributed by atoms with Gasteiger partial charge in [-0.2, -0.15) is 11.8 Å². The van der Waals surface area contributed by atoms with Gasteiger partial charge in [0.2, 0.25) is 0 Å². The van der Waals surface area contributed by atoms with E-state index in [9.17, 15) is 28.8 Å². The number of likely N-dealkylation sites (N-methyl/N-ethyl adjacent to an activating group) is 1. The minimum absolute atomic E-state index is 0.00185. The number of carbonyl (C=O) groups is 6. The normalized spacial score (nSPS) is 13.9. The Bertz CT molecular complexity index is 1160. The van der Waals surface area contributed by atoms with Crippen LogP contribution in [0.1, 0.15) is 40.0 Å². The number of thioether (sulfide) groups is 1. The van der Waals surface area contributed by atoms with Gasteiger partial charge in [-0.3, -0.25) is 24.1 Å². The van der Waals surface area contributed by atoms with Crippen molar-refractivity contribution >= 4 is 47.6 Å². The number of carbonyl (C=O) groups excluding carboxylic acids is 6. The first kappa shape index (κ1) is 48.5. The fraction of sp³-hybridized carbons (Fsp3) is 0.730. The lowest BCUT2D eigenvalue weighted by Gasteiger charge is -2.35. The maximum atomic E-state index is 12.5. The van der Waals surface area contributed by atoms with Crippen LogP contribution in [-0.4, -0.2) is 186 Å². The van der Waals surface area contributed by atoms with Crippen molar-refractivity contribution in [1.29, 1.82) is 0 Å². The van der Waals surface area contributed by atoms with Crippen LogP contribution in [0.15, 0.2) is 24.3 Å². The number of hydrogen-bond acceptors (Lipinski definition) is 17. The van der Waals surface area contributed by atoms with Crippen LogP contribution in [0.25, 0.3) is 0 Å². The molecule has 0 amide bonds. The Balaban J connectivity index is 2.36. The van der Waals surface area contributed by atoms with Gasteiger partial charge in [0.05, 0.1) is 25.2 Å². The van der Waals surface area contributed by atoms with E-state index in [0.717, 1.165) is 39.3 Å². The average Bonchev–Trinajstić information content (AvgIpc) is 3.14. The number of piperazine rings is 1. The van der Waals surface area contributed by atoms with E-state index in [2.05, 4.69) is 42.0 Å². The summed E-state index contributed by atoms with van der Waals surface area (Å²) in [5.74, 6) is -2.16. The predicted molar refractivity (Wildman–Crippen MR) is 204 cm³/mol. The number of ether oxygens (including phenoxy) is 6. The molecule has 0 aromatic carbocycles. The van der Waals surface area contributed by atoms with Gasteiger partial charge in [0.25, 0.3) is 0 Å². The van der Waals surface area contributed by atoms with E-state index in [1.807, 2.05) is 4.90 Å². The van der Waals surface area contributed by atoms with Crippen LogP contribution in [0.3, 0.4) is 0 Å². The first-order valence-corrected chi connectivity index (χ1v) is 19.5. The van der Waals surface area contributed by atoms with E-state index in [1.54, 1.807) is 6.92 Å². The van der Waals surface area contributed by atoms with Crippen molar-refractivity contribution in [3.05, 3.63) is 24.3 Å². The van der Waals surface area contributed by atoms with E-state index in [-0.39, 0.29) is 76.0 Å². The highest BCUT2D eigenvalue weighted by molar-refractivity contribution is 7.99. The molecule has 0 aromatic rings. The summed E-state index contributed by atoms with van der Waals surface area (Å²) in [5, 5.41) is 0. The van der Waals surface area contributed by atoms with Crippen molar-refractivity contribution in [3.8, 4) is 0 Å². The van der Waals surface area contributed by atoms with Gasteiger partial charge in [-0.25, -0.2) is 9.59 Å². The Morgan fingerprint density at radius 1 is 0.611 bits per heavy atom. The second-order valence-electron chi connectivity index (χ2n) is 13.2. The third-order valence-corrected chi connectivity index (χ3v) is 9.20. The fourth-order valence-corrected chi connectivity index (χ4v) is 5.71. The zero-order valence-corrected chi connectivity index (χ0v) is 33.8. The zero-order valence-electron chi connectivity index (χ0n) is 32.9. The molecule has 0 saturated carbocycles. The third kappa shape index (κ3) is 24.7. The van der Waals surface area contributed by atoms with Crippen molar-refractivity contribution < 1.29 is 57.2 Å². The fourth-order valence-electron chi connectivity index (χ4n) is 4.67. The molecule has 308 valence electrons. The van der Waals surface area contributed by atoms with E-state index in [0.29, 0.717) is 37.7 Å². The molecule has 1 aliphatic heterocycles. The topological polar surface area (TPSA) is 171 Å². The van der Waals surface area contributed by atoms with Crippen molar-refractivity contribution in [2.24, 2.45) is 5.92 Å². The molecule has 54 heavy (non-hydrogen) atoms. The largest absolute Gasteiger partial charge is 0.462 e. The molecule has 0 bridgehead atoms. The highest BCUT2D eigenvalue weighted by atomic mass is 32.2. The SMILES string of the molecule is C=C(C)C(=O)OCCOC(=O)CCN(CCSCC(C)C(=O)OCCOC(=O)CCN1CCN(CCN(C)C)CC1)CCC(=O)OCCOC(=O)C(=C)C. The molecule has 0 aliphatic carbocycles. The van der Waals surface area contributed by atoms with Crippen molar-refractivity contribution in [3.63, 3.8) is 0 Å². The first-order chi connectivity index (χ1) is 25.7. The van der Waals surface area contributed by atoms with Crippen LogP contribution in [0.5, 0.6) is 0 Å². The molecule has 1 atom stereocenters. The van der Waals surface area contributed by atoms with Crippen LogP contribution >= 0.6 is 11.8 Å². The number of rotatable bonds is 29. The molecule has 0 N–H and O–H groups in total. The molecule has 1 fully saturated rings. The second kappa shape index (κ2) is 28.9. The highest BCUT2D eigenvalue weighted by Crippen LogP contribution is 2.12. The predicted octanol–water partition coefficient (Wildman–Crippen LogP) is 1.42. The Kier molecular flexibility index (Phi) is 25.9. The molecular weight excluding hydrogens is 724 g/mol. The molecule has 0 radical (unpaired) electrons. The monoisotopic (exact) mass is 786 g/mol. The van der Waals surface area contributed by atoms with E-state index in [4.69, 9.17) is 28.4 Å². The van der Waals surface area contributed by atoms with Gasteiger partial charge in [-0.1, -0.05) is 20.1 Å². The van der Waals surface area contributed by atoms with Gasteiger partial charge in [-0.15, -0.1) is 0 Å². The lowest BCUT2D eigenvalue weighted by Crippen LogP contribution is -2.48. The van der Waals surface area contributed by atoms with Crippen molar-refractivity contribution in [2.75, 3.05) is 131 Å². The van der Waals surface area contributed by atoms with Gasteiger partial charge in [0.15, 0.2) is 0 Å². The Morgan fingerprint density at radius 3 is 1.50 bits per heavy atom. The van der Waals surface area contributed by atoms with Crippen LogP contribution in [0, 0.1) is 5.92 Å². The van der Waals surface area contributed by atoms with Gasteiger partial charge in [0.1, 0.15) is 39.6 Å². The highest BCUT2D eigenvalue weighted by Gasteiger charge is 2.19. The molecule has 16 nitrogen and oxygen atoms in total. The maximum Gasteiger partial charge on any atom is 0.333 e. The molecule has 0 aromatic heterocycles. The van der Waals surface area contributed by atoms with Crippen LogP contribution < -0.4 is 0 Å². The summed E-state index contributed by atoms with van der Waals surface area (Å²) in [7, 11) is 4.13. The Morgan fingerprint density at radius 2 is 1.04 bits per heavy atom. The van der Waals surface area contributed by atoms with Gasteiger partial charge < -0.3 is 43.1 Å². The smallest absolute Gasteiger partial charge is 0.333 e. The van der Waals surface area contributed by atoms with Gasteiger partial charge in [0, 0.05) is 88.1 Å². The summed E-state index contributed by atoms with van der Waals surface area (Å²) in [6, 6.07) is 0. The standard InChI is InChI=1S/C37H62N4O12S/c1-29(2)35(45)51-24-21-48-32(42)8-11-39(12-9-33(43)49-22-25-52-36(46)30(3)4)20-27-54-28-31(5)37(47)53-26-23-50-34(44)10-13-40-16-18-41(19-17-40)15-14-38(6)7/h31H,1,3,8-28H2,2,4-7H3. The summed E-state index contributed by atoms with van der Waals surface area (Å²) < 4.78 is 30.7. The lowest BCUT2D eigenvalue weighted by molar-refractivity contribution is -0.154. The van der Waals surface area contributed by atoms with Crippen molar-refractivity contribution in [2.45, 2.75) is 40.0 Å². The second-order valence-corrected chi connectivity index (χ2v) is 14.4. The number of hydrogen-bond donors (Lipinski definition) is 0. The Labute approximate surface area is 324 Å². The third-order valence-electron chi connectivity index (χ3n) is 7.99. The average molecular weight is 787 g/mol. The molecule has 1 heterocycles. The van der Waals surface area contributed by atoms with E-state index in [1.165, 1.54) is 25.6 Å². The molecule has 1 rings (SSSR count).